The fourth-order valence-corrected chi connectivity index (χ4v) is 8.15. The number of amides is 4. The first-order valence-electron chi connectivity index (χ1n) is 22.0. The number of rotatable bonds is 23. The Bertz CT molecular complexity index is 2240. The topological polar surface area (TPSA) is 194 Å². The molecule has 346 valence electrons. The summed E-state index contributed by atoms with van der Waals surface area (Å²) in [6.45, 7) is 9.74. The maximum absolute atomic E-state index is 13.9. The largest absolute Gasteiger partial charge is 0.440 e. The lowest BCUT2D eigenvalue weighted by atomic mass is 9.85. The molecule has 16 heteroatoms. The molecule has 3 aromatic carbocycles. The number of hydrogen-bond donors (Lipinski definition) is 4. The van der Waals surface area contributed by atoms with Gasteiger partial charge in [0.25, 0.3) is 0 Å². The molecule has 3 heterocycles. The highest BCUT2D eigenvalue weighted by atomic mass is 32.1. The third-order valence-electron chi connectivity index (χ3n) is 10.8. The summed E-state index contributed by atoms with van der Waals surface area (Å²) in [5.74, 6) is -0.125. The van der Waals surface area contributed by atoms with Gasteiger partial charge in [0.1, 0.15) is 17.8 Å². The molecule has 0 bridgehead atoms. The average molecular weight is 909 g/mol. The number of oxazole rings is 1. The number of aromatic nitrogens is 2. The minimum Gasteiger partial charge on any atom is -0.440 e. The quantitative estimate of drug-likeness (QED) is 0.0585. The molecule has 1 aliphatic heterocycles. The van der Waals surface area contributed by atoms with E-state index in [0.717, 1.165) is 38.5 Å². The summed E-state index contributed by atoms with van der Waals surface area (Å²) in [6.07, 6.45) is -0.164. The molecule has 4 amide bonds. The van der Waals surface area contributed by atoms with Gasteiger partial charge in [-0.2, -0.15) is 0 Å². The number of nitrogens with zero attached hydrogens (tertiary/aromatic N) is 3. The van der Waals surface area contributed by atoms with Crippen molar-refractivity contribution in [3.05, 3.63) is 108 Å². The van der Waals surface area contributed by atoms with Gasteiger partial charge in [-0.25, -0.2) is 9.97 Å². The second kappa shape index (κ2) is 23.9. The van der Waals surface area contributed by atoms with E-state index in [2.05, 4.69) is 20.9 Å². The van der Waals surface area contributed by atoms with Crippen molar-refractivity contribution < 1.29 is 42.9 Å². The number of carbonyl (C=O) groups is 4. The Morgan fingerprint density at radius 2 is 1.46 bits per heavy atom. The Morgan fingerprint density at radius 1 is 0.815 bits per heavy atom. The van der Waals surface area contributed by atoms with Crippen LogP contribution in [0.5, 0.6) is 0 Å². The van der Waals surface area contributed by atoms with Crippen molar-refractivity contribution in [3.63, 3.8) is 0 Å². The number of aliphatic hydroxyl groups excluding tert-OH is 1. The Morgan fingerprint density at radius 3 is 2.11 bits per heavy atom. The molecule has 6 rings (SSSR count). The van der Waals surface area contributed by atoms with Crippen LogP contribution in [0.25, 0.3) is 33.0 Å². The number of ether oxygens (including phenoxy) is 3. The van der Waals surface area contributed by atoms with E-state index in [1.54, 1.807) is 11.3 Å². The lowest BCUT2D eigenvalue weighted by Gasteiger charge is -2.35. The van der Waals surface area contributed by atoms with E-state index >= 15 is 0 Å². The van der Waals surface area contributed by atoms with E-state index in [9.17, 15) is 24.3 Å². The molecule has 5 aromatic rings. The van der Waals surface area contributed by atoms with Gasteiger partial charge < -0.3 is 44.6 Å². The number of aryl methyl sites for hydroxylation is 2. The second-order valence-electron chi connectivity index (χ2n) is 16.9. The molecule has 1 fully saturated rings. The van der Waals surface area contributed by atoms with E-state index < -0.39 is 29.5 Å². The Labute approximate surface area is 384 Å². The Hall–Kier alpha value is -5.78. The van der Waals surface area contributed by atoms with Crippen molar-refractivity contribution in [2.75, 3.05) is 52.7 Å². The molecule has 4 N–H and O–H groups in total. The summed E-state index contributed by atoms with van der Waals surface area (Å²) >= 11 is 1.57. The summed E-state index contributed by atoms with van der Waals surface area (Å²) < 4.78 is 22.9. The SMILES string of the molecule is Cc1ncsc1-c1ccc(CNC(=O)[C@@H]2C[C@@H](O)CN2C(=O)[C@@H](NC(=O)CCOCCOCCOCCNC(=O)CCc2nc(-c3ccccc3)c(-c3ccccc3)o2)C(C)(C)C)cc1. The van der Waals surface area contributed by atoms with Gasteiger partial charge in [-0.05, 0) is 23.5 Å². The average Bonchev–Trinajstić information content (AvgIpc) is 4.05. The highest BCUT2D eigenvalue weighted by Crippen LogP contribution is 2.33. The van der Waals surface area contributed by atoms with Crippen LogP contribution in [0, 0.1) is 12.3 Å². The molecular formula is C49H60N6O9S. The molecular weight excluding hydrogens is 849 g/mol. The standard InChI is InChI=1S/C49H60N6O9S/c1-33-45(65-32-52-33)37-17-15-34(16-18-37)30-51-47(59)39-29-38(56)31-55(39)48(60)46(49(2,3)4)53-41(58)21-23-61-25-27-63-28-26-62-24-22-50-40(57)19-20-42-54-43(35-11-7-5-8-12-35)44(64-42)36-13-9-6-10-14-36/h5-18,32,38-39,46,56H,19-31H2,1-4H3,(H,50,57)(H,51,59)(H,53,58)/t38-,39+,46-/m1/s1. The van der Waals surface area contributed by atoms with Crippen molar-refractivity contribution in [1.82, 2.24) is 30.8 Å². The van der Waals surface area contributed by atoms with Crippen LogP contribution < -0.4 is 16.0 Å². The van der Waals surface area contributed by atoms with Gasteiger partial charge >= 0.3 is 0 Å². The molecule has 0 saturated carbocycles. The van der Waals surface area contributed by atoms with Crippen LogP contribution in [0.4, 0.5) is 0 Å². The number of likely N-dealkylation sites (tertiary alicyclic amines) is 1. The van der Waals surface area contributed by atoms with Crippen LogP contribution in [0.3, 0.4) is 0 Å². The summed E-state index contributed by atoms with van der Waals surface area (Å²) in [5, 5.41) is 19.2. The minimum atomic E-state index is -0.934. The number of nitrogens with one attached hydrogen (secondary N) is 3. The summed E-state index contributed by atoms with van der Waals surface area (Å²) in [4.78, 5) is 64.4. The van der Waals surface area contributed by atoms with Gasteiger partial charge in [-0.15, -0.1) is 11.3 Å². The van der Waals surface area contributed by atoms with E-state index in [4.69, 9.17) is 23.6 Å². The van der Waals surface area contributed by atoms with Crippen LogP contribution in [0.2, 0.25) is 0 Å². The molecule has 2 aromatic heterocycles. The van der Waals surface area contributed by atoms with Gasteiger partial charge in [-0.1, -0.05) is 106 Å². The summed E-state index contributed by atoms with van der Waals surface area (Å²) in [5.41, 5.74) is 6.65. The van der Waals surface area contributed by atoms with Gasteiger partial charge in [0.2, 0.25) is 23.6 Å². The van der Waals surface area contributed by atoms with Gasteiger partial charge in [0.15, 0.2) is 11.7 Å². The first-order valence-corrected chi connectivity index (χ1v) is 22.9. The Balaban J connectivity index is 0.821. The highest BCUT2D eigenvalue weighted by molar-refractivity contribution is 7.13. The number of aliphatic hydroxyl groups is 1. The predicted molar refractivity (Wildman–Crippen MR) is 247 cm³/mol. The van der Waals surface area contributed by atoms with Gasteiger partial charge in [0, 0.05) is 56.4 Å². The van der Waals surface area contributed by atoms with Crippen LogP contribution in [0.1, 0.15) is 57.2 Å². The zero-order valence-electron chi connectivity index (χ0n) is 37.5. The fraction of sp³-hybridized carbons (Fsp3) is 0.429. The maximum Gasteiger partial charge on any atom is 0.246 e. The summed E-state index contributed by atoms with van der Waals surface area (Å²) in [7, 11) is 0. The lowest BCUT2D eigenvalue weighted by Crippen LogP contribution is -2.57. The third-order valence-corrected chi connectivity index (χ3v) is 11.8. The van der Waals surface area contributed by atoms with Crippen molar-refractivity contribution >= 4 is 35.0 Å². The number of benzene rings is 3. The highest BCUT2D eigenvalue weighted by Gasteiger charge is 2.44. The van der Waals surface area contributed by atoms with E-state index in [1.807, 2.05) is 118 Å². The molecule has 1 aliphatic rings. The van der Waals surface area contributed by atoms with Crippen LogP contribution >= 0.6 is 11.3 Å². The maximum atomic E-state index is 13.9. The Kier molecular flexibility index (Phi) is 17.9. The number of β-amino-alcohol motifs (C(OH)–C–C–N with tert-alkyl or cyclic N) is 1. The van der Waals surface area contributed by atoms with E-state index in [1.165, 1.54) is 4.90 Å². The molecule has 0 spiro atoms. The molecule has 3 atom stereocenters. The van der Waals surface area contributed by atoms with Crippen LogP contribution in [-0.4, -0.2) is 115 Å². The lowest BCUT2D eigenvalue weighted by molar-refractivity contribution is -0.144. The number of thiazole rings is 1. The molecule has 15 nitrogen and oxygen atoms in total. The number of hydrogen-bond acceptors (Lipinski definition) is 12. The number of carbonyl (C=O) groups excluding carboxylic acids is 4. The van der Waals surface area contributed by atoms with Crippen molar-refractivity contribution in [2.24, 2.45) is 5.41 Å². The minimum absolute atomic E-state index is 0.00812. The zero-order valence-corrected chi connectivity index (χ0v) is 38.4. The molecule has 65 heavy (non-hydrogen) atoms. The summed E-state index contributed by atoms with van der Waals surface area (Å²) in [6, 6.07) is 25.7. The smallest absolute Gasteiger partial charge is 0.246 e. The van der Waals surface area contributed by atoms with Crippen molar-refractivity contribution in [3.8, 4) is 33.0 Å². The third kappa shape index (κ3) is 14.4. The second-order valence-corrected chi connectivity index (χ2v) is 17.8. The predicted octanol–water partition coefficient (Wildman–Crippen LogP) is 5.74. The monoisotopic (exact) mass is 908 g/mol. The van der Waals surface area contributed by atoms with E-state index in [0.29, 0.717) is 51.0 Å². The zero-order chi connectivity index (χ0) is 46.2. The normalized spacial score (nSPS) is 15.4. The van der Waals surface area contributed by atoms with E-state index in [-0.39, 0.29) is 63.3 Å². The first kappa shape index (κ1) is 48.7. The van der Waals surface area contributed by atoms with Crippen molar-refractivity contribution in [2.45, 2.75) is 78.1 Å². The molecule has 0 unspecified atom stereocenters. The first-order chi connectivity index (χ1) is 31.4. The van der Waals surface area contributed by atoms with Crippen molar-refractivity contribution in [1.29, 1.82) is 0 Å². The molecule has 0 aliphatic carbocycles. The molecule has 0 radical (unpaired) electrons. The fourth-order valence-electron chi connectivity index (χ4n) is 7.34. The molecule has 1 saturated heterocycles. The van der Waals surface area contributed by atoms with Gasteiger partial charge in [-0.3, -0.25) is 19.2 Å². The van der Waals surface area contributed by atoms with Gasteiger partial charge in [0.05, 0.1) is 61.8 Å². The van der Waals surface area contributed by atoms with Crippen LogP contribution in [0.15, 0.2) is 94.9 Å². The van der Waals surface area contributed by atoms with Crippen LogP contribution in [-0.2, 0) is 46.4 Å².